The average Bonchev–Trinajstić information content (AvgIpc) is 3.22. The van der Waals surface area contributed by atoms with Gasteiger partial charge in [0.05, 0.1) is 12.1 Å². The molecule has 7 heteroatoms. The number of rotatable bonds is 6. The van der Waals surface area contributed by atoms with Crippen molar-refractivity contribution in [2.75, 3.05) is 0 Å². The van der Waals surface area contributed by atoms with Crippen LogP contribution in [-0.2, 0) is 13.0 Å². The topological polar surface area (TPSA) is 81.9 Å². The first-order valence-electron chi connectivity index (χ1n) is 10.00. The molecule has 1 unspecified atom stereocenters. The van der Waals surface area contributed by atoms with Crippen LogP contribution in [0.25, 0.3) is 0 Å². The molecule has 1 heterocycles. The number of nitrogens with zero attached hydrogens (tertiary/aromatic N) is 4. The molecular formula is C22H25N5O2. The van der Waals surface area contributed by atoms with Crippen molar-refractivity contribution in [3.8, 4) is 5.75 Å². The van der Waals surface area contributed by atoms with Gasteiger partial charge in [-0.2, -0.15) is 0 Å². The van der Waals surface area contributed by atoms with E-state index in [0.29, 0.717) is 17.1 Å². The predicted molar refractivity (Wildman–Crippen MR) is 109 cm³/mol. The predicted octanol–water partition coefficient (Wildman–Crippen LogP) is 3.64. The average molecular weight is 391 g/mol. The van der Waals surface area contributed by atoms with Crippen LogP contribution in [0.3, 0.4) is 0 Å². The van der Waals surface area contributed by atoms with E-state index in [1.54, 1.807) is 16.8 Å². The van der Waals surface area contributed by atoms with Gasteiger partial charge in [-0.3, -0.25) is 4.79 Å². The zero-order valence-electron chi connectivity index (χ0n) is 16.7. The van der Waals surface area contributed by atoms with Crippen LogP contribution in [0.5, 0.6) is 5.75 Å². The van der Waals surface area contributed by atoms with Crippen molar-refractivity contribution in [2.24, 2.45) is 0 Å². The number of benzene rings is 2. The van der Waals surface area contributed by atoms with Crippen molar-refractivity contribution >= 4 is 5.91 Å². The van der Waals surface area contributed by atoms with Gasteiger partial charge < -0.3 is 10.1 Å². The van der Waals surface area contributed by atoms with Crippen molar-refractivity contribution < 1.29 is 9.53 Å². The quantitative estimate of drug-likeness (QED) is 0.694. The molecule has 3 aromatic rings. The van der Waals surface area contributed by atoms with Crippen LogP contribution in [0, 0.1) is 0 Å². The number of tetrazole rings is 1. The van der Waals surface area contributed by atoms with E-state index in [1.165, 1.54) is 11.1 Å². The Hall–Kier alpha value is -3.22. The fraction of sp³-hybridized carbons (Fsp3) is 0.364. The first kappa shape index (κ1) is 19.1. The third kappa shape index (κ3) is 4.29. The lowest BCUT2D eigenvalue weighted by Gasteiger charge is -2.26. The smallest absolute Gasteiger partial charge is 0.251 e. The minimum absolute atomic E-state index is 0.0488. The number of amides is 1. The van der Waals surface area contributed by atoms with E-state index >= 15 is 0 Å². The van der Waals surface area contributed by atoms with E-state index in [-0.39, 0.29) is 24.6 Å². The molecule has 0 spiro atoms. The number of fused-ring (bicyclic) bond motifs is 1. The number of aromatic nitrogens is 4. The van der Waals surface area contributed by atoms with E-state index < -0.39 is 0 Å². The molecule has 1 aromatic heterocycles. The van der Waals surface area contributed by atoms with Crippen molar-refractivity contribution in [3.63, 3.8) is 0 Å². The third-order valence-corrected chi connectivity index (χ3v) is 5.19. The summed E-state index contributed by atoms with van der Waals surface area (Å²) in [4.78, 5) is 12.8. The number of hydrogen-bond acceptors (Lipinski definition) is 5. The minimum atomic E-state index is -0.0934. The van der Waals surface area contributed by atoms with Crippen LogP contribution in [0.4, 0.5) is 0 Å². The highest BCUT2D eigenvalue weighted by Gasteiger charge is 2.22. The molecule has 1 aliphatic carbocycles. The molecule has 150 valence electrons. The Kier molecular flexibility index (Phi) is 5.55. The number of carbonyl (C=O) groups excluding carboxylic acids is 1. The summed E-state index contributed by atoms with van der Waals surface area (Å²) in [5.74, 6) is 1.16. The van der Waals surface area contributed by atoms with Crippen LogP contribution in [0.1, 0.15) is 66.1 Å². The molecule has 1 atom stereocenters. The minimum Gasteiger partial charge on any atom is -0.486 e. The van der Waals surface area contributed by atoms with Crippen molar-refractivity contribution in [1.29, 1.82) is 0 Å². The highest BCUT2D eigenvalue weighted by molar-refractivity contribution is 5.94. The molecule has 0 radical (unpaired) electrons. The summed E-state index contributed by atoms with van der Waals surface area (Å²) in [6, 6.07) is 15.8. The van der Waals surface area contributed by atoms with E-state index in [0.717, 1.165) is 19.3 Å². The molecule has 0 saturated heterocycles. The molecule has 0 bridgehead atoms. The first-order valence-corrected chi connectivity index (χ1v) is 10.00. The Morgan fingerprint density at radius 3 is 2.97 bits per heavy atom. The number of aryl methyl sites for hydroxylation is 1. The zero-order valence-corrected chi connectivity index (χ0v) is 16.7. The summed E-state index contributed by atoms with van der Waals surface area (Å²) < 4.78 is 7.55. The maximum atomic E-state index is 12.8. The van der Waals surface area contributed by atoms with Gasteiger partial charge in [-0.1, -0.05) is 30.3 Å². The Labute approximate surface area is 170 Å². The molecule has 2 aromatic carbocycles. The largest absolute Gasteiger partial charge is 0.486 e. The van der Waals surface area contributed by atoms with Gasteiger partial charge in [-0.05, 0) is 72.9 Å². The van der Waals surface area contributed by atoms with Crippen molar-refractivity contribution in [2.45, 2.75) is 51.8 Å². The van der Waals surface area contributed by atoms with Crippen LogP contribution >= 0.6 is 0 Å². The van der Waals surface area contributed by atoms with Crippen LogP contribution in [0.15, 0.2) is 48.5 Å². The summed E-state index contributed by atoms with van der Waals surface area (Å²) in [5.41, 5.74) is 3.12. The van der Waals surface area contributed by atoms with Crippen LogP contribution in [-0.4, -0.2) is 26.1 Å². The fourth-order valence-electron chi connectivity index (χ4n) is 3.73. The maximum absolute atomic E-state index is 12.8. The molecule has 7 nitrogen and oxygen atoms in total. The Morgan fingerprint density at radius 1 is 1.24 bits per heavy atom. The van der Waals surface area contributed by atoms with Gasteiger partial charge in [-0.15, -0.1) is 5.10 Å². The summed E-state index contributed by atoms with van der Waals surface area (Å²) in [6.07, 6.45) is 3.11. The Balaban J connectivity index is 1.43. The van der Waals surface area contributed by atoms with Gasteiger partial charge in [0.2, 0.25) is 0 Å². The summed E-state index contributed by atoms with van der Waals surface area (Å²) in [6.45, 7) is 4.26. The number of nitrogens with one attached hydrogen (secondary N) is 1. The Morgan fingerprint density at radius 2 is 2.10 bits per heavy atom. The summed E-state index contributed by atoms with van der Waals surface area (Å²) >= 11 is 0. The zero-order chi connectivity index (χ0) is 20.2. The van der Waals surface area contributed by atoms with Gasteiger partial charge in [0.25, 0.3) is 5.91 Å². The summed E-state index contributed by atoms with van der Waals surface area (Å²) in [5, 5.41) is 14.9. The highest BCUT2D eigenvalue weighted by Crippen LogP contribution is 2.29. The maximum Gasteiger partial charge on any atom is 0.251 e. The van der Waals surface area contributed by atoms with Crippen molar-refractivity contribution in [1.82, 2.24) is 25.5 Å². The lowest BCUT2D eigenvalue weighted by atomic mass is 9.87. The lowest BCUT2D eigenvalue weighted by Crippen LogP contribution is -2.30. The molecule has 4 rings (SSSR count). The van der Waals surface area contributed by atoms with E-state index in [2.05, 4.69) is 39.0 Å². The van der Waals surface area contributed by atoms with Crippen LogP contribution < -0.4 is 10.1 Å². The van der Waals surface area contributed by atoms with Gasteiger partial charge in [0.15, 0.2) is 5.82 Å². The molecule has 1 amide bonds. The standard InChI is InChI=1S/C22H25N5O2/c1-15(2)27-21(24-25-26-27)14-29-18-10-5-9-17(13-18)22(28)23-20-12-6-8-16-7-3-4-11-19(16)20/h3-5,7,9-11,13,15,20H,6,8,12,14H2,1-2H3,(H,23,28). The summed E-state index contributed by atoms with van der Waals surface area (Å²) in [7, 11) is 0. The molecule has 0 saturated carbocycles. The fourth-order valence-corrected chi connectivity index (χ4v) is 3.73. The molecule has 29 heavy (non-hydrogen) atoms. The monoisotopic (exact) mass is 391 g/mol. The highest BCUT2D eigenvalue weighted by atomic mass is 16.5. The van der Waals surface area contributed by atoms with E-state index in [4.69, 9.17) is 4.74 Å². The molecule has 0 fully saturated rings. The second kappa shape index (κ2) is 8.43. The van der Waals surface area contributed by atoms with E-state index in [1.807, 2.05) is 32.0 Å². The second-order valence-corrected chi connectivity index (χ2v) is 7.57. The van der Waals surface area contributed by atoms with Gasteiger partial charge >= 0.3 is 0 Å². The second-order valence-electron chi connectivity index (χ2n) is 7.57. The first-order chi connectivity index (χ1) is 14.1. The molecule has 1 N–H and O–H groups in total. The van der Waals surface area contributed by atoms with Gasteiger partial charge in [0.1, 0.15) is 12.4 Å². The van der Waals surface area contributed by atoms with E-state index in [9.17, 15) is 4.79 Å². The Bertz CT molecular complexity index is 998. The lowest BCUT2D eigenvalue weighted by molar-refractivity contribution is 0.0932. The number of carbonyl (C=O) groups is 1. The molecule has 0 aliphatic heterocycles. The molecule has 1 aliphatic rings. The number of ether oxygens (including phenoxy) is 1. The normalized spacial score (nSPS) is 15.8. The SMILES string of the molecule is CC(C)n1nnnc1COc1cccc(C(=O)NC2CCCc3ccccc32)c1. The molecular weight excluding hydrogens is 366 g/mol. The van der Waals surface area contributed by atoms with Crippen molar-refractivity contribution in [3.05, 3.63) is 71.0 Å². The van der Waals surface area contributed by atoms with Gasteiger partial charge in [0, 0.05) is 5.56 Å². The number of hydrogen-bond donors (Lipinski definition) is 1. The third-order valence-electron chi connectivity index (χ3n) is 5.19. The van der Waals surface area contributed by atoms with Gasteiger partial charge in [-0.25, -0.2) is 4.68 Å². The van der Waals surface area contributed by atoms with Crippen LogP contribution in [0.2, 0.25) is 0 Å².